The van der Waals surface area contributed by atoms with Crippen molar-refractivity contribution in [2.75, 3.05) is 14.2 Å². The molecule has 0 aromatic heterocycles. The van der Waals surface area contributed by atoms with Crippen LogP contribution in [-0.2, 0) is 0 Å². The number of methoxy groups -OCH3 is 2. The van der Waals surface area contributed by atoms with Crippen LogP contribution in [0.3, 0.4) is 0 Å². The molecule has 0 saturated carbocycles. The maximum absolute atomic E-state index is 12.4. The summed E-state index contributed by atoms with van der Waals surface area (Å²) in [5.41, 5.74) is 1.64. The third kappa shape index (κ3) is 3.79. The highest BCUT2D eigenvalue weighted by Gasteiger charge is 2.14. The second kappa shape index (κ2) is 7.50. The molecule has 2 aromatic rings. The van der Waals surface area contributed by atoms with E-state index in [9.17, 15) is 4.79 Å². The van der Waals surface area contributed by atoms with Crippen LogP contribution < -0.4 is 14.8 Å². The molecule has 1 N–H and O–H groups in total. The summed E-state index contributed by atoms with van der Waals surface area (Å²) in [5, 5.41) is 3.05. The minimum atomic E-state index is -0.110. The Hall–Kier alpha value is -2.49. The van der Waals surface area contributed by atoms with E-state index in [2.05, 4.69) is 5.32 Å². The highest BCUT2D eigenvalue weighted by atomic mass is 16.5. The zero-order valence-corrected chi connectivity index (χ0v) is 13.1. The minimum absolute atomic E-state index is 0.0374. The van der Waals surface area contributed by atoms with Gasteiger partial charge in [-0.15, -0.1) is 0 Å². The molecule has 0 aliphatic carbocycles. The fourth-order valence-electron chi connectivity index (χ4n) is 2.26. The molecule has 4 heteroatoms. The van der Waals surface area contributed by atoms with Crippen molar-refractivity contribution in [3.05, 3.63) is 59.7 Å². The van der Waals surface area contributed by atoms with E-state index in [1.165, 1.54) is 0 Å². The van der Waals surface area contributed by atoms with Gasteiger partial charge in [-0.25, -0.2) is 0 Å². The first kappa shape index (κ1) is 15.9. The lowest BCUT2D eigenvalue weighted by Gasteiger charge is -2.18. The Labute approximate surface area is 131 Å². The third-order valence-electron chi connectivity index (χ3n) is 3.56. The van der Waals surface area contributed by atoms with Gasteiger partial charge in [0.1, 0.15) is 11.5 Å². The molecule has 0 aliphatic rings. The van der Waals surface area contributed by atoms with Gasteiger partial charge in [-0.3, -0.25) is 4.79 Å². The van der Waals surface area contributed by atoms with E-state index < -0.39 is 0 Å². The second-order valence-electron chi connectivity index (χ2n) is 4.94. The summed E-state index contributed by atoms with van der Waals surface area (Å²) in [6.07, 6.45) is 0.808. The van der Waals surface area contributed by atoms with E-state index in [1.54, 1.807) is 26.4 Å². The van der Waals surface area contributed by atoms with Gasteiger partial charge in [0.2, 0.25) is 0 Å². The fraction of sp³-hybridized carbons (Fsp3) is 0.278. The first-order chi connectivity index (χ1) is 10.7. The van der Waals surface area contributed by atoms with Gasteiger partial charge in [0.15, 0.2) is 0 Å². The standard InChI is InChI=1S/C18H21NO3/c1-4-17(13-8-10-15(21-2)11-9-13)19-18(20)14-6-5-7-16(12-14)22-3/h5-12,17H,4H2,1-3H3,(H,19,20)/t17-/m0/s1. The normalized spacial score (nSPS) is 11.6. The summed E-state index contributed by atoms with van der Waals surface area (Å²) in [4.78, 5) is 12.4. The average Bonchev–Trinajstić information content (AvgIpc) is 2.59. The Morgan fingerprint density at radius 2 is 1.73 bits per heavy atom. The van der Waals surface area contributed by atoms with Crippen molar-refractivity contribution >= 4 is 5.91 Å². The Bertz CT molecular complexity index is 622. The Morgan fingerprint density at radius 1 is 1.05 bits per heavy atom. The molecule has 0 spiro atoms. The quantitative estimate of drug-likeness (QED) is 0.887. The Kier molecular flexibility index (Phi) is 5.42. The Balaban J connectivity index is 2.12. The fourth-order valence-corrected chi connectivity index (χ4v) is 2.26. The first-order valence-corrected chi connectivity index (χ1v) is 7.26. The van der Waals surface area contributed by atoms with Gasteiger partial charge >= 0.3 is 0 Å². The number of carbonyl (C=O) groups excluding carboxylic acids is 1. The number of benzene rings is 2. The number of carbonyl (C=O) groups is 1. The molecule has 0 bridgehead atoms. The summed E-state index contributed by atoms with van der Waals surface area (Å²) < 4.78 is 10.3. The van der Waals surface area contributed by atoms with Crippen molar-refractivity contribution in [1.29, 1.82) is 0 Å². The van der Waals surface area contributed by atoms with Crippen LogP contribution in [-0.4, -0.2) is 20.1 Å². The van der Waals surface area contributed by atoms with Crippen LogP contribution in [0.5, 0.6) is 11.5 Å². The zero-order valence-electron chi connectivity index (χ0n) is 13.1. The molecule has 0 unspecified atom stereocenters. The van der Waals surface area contributed by atoms with Crippen molar-refractivity contribution in [3.8, 4) is 11.5 Å². The summed E-state index contributed by atoms with van der Waals surface area (Å²) in [5.74, 6) is 1.37. The van der Waals surface area contributed by atoms with E-state index in [1.807, 2.05) is 43.3 Å². The number of ether oxygens (including phenoxy) is 2. The largest absolute Gasteiger partial charge is 0.497 e. The molecule has 2 aromatic carbocycles. The van der Waals surface area contributed by atoms with Crippen LogP contribution in [0.1, 0.15) is 35.3 Å². The molecule has 0 fully saturated rings. The molecule has 0 aliphatic heterocycles. The topological polar surface area (TPSA) is 47.6 Å². The maximum Gasteiger partial charge on any atom is 0.251 e. The highest BCUT2D eigenvalue weighted by molar-refractivity contribution is 5.94. The lowest BCUT2D eigenvalue weighted by molar-refractivity contribution is 0.0935. The summed E-state index contributed by atoms with van der Waals surface area (Å²) in [6.45, 7) is 2.04. The number of hydrogen-bond acceptors (Lipinski definition) is 3. The first-order valence-electron chi connectivity index (χ1n) is 7.26. The third-order valence-corrected chi connectivity index (χ3v) is 3.56. The highest BCUT2D eigenvalue weighted by Crippen LogP contribution is 2.21. The lowest BCUT2D eigenvalue weighted by atomic mass is 10.0. The van der Waals surface area contributed by atoms with Crippen molar-refractivity contribution in [1.82, 2.24) is 5.32 Å². The zero-order chi connectivity index (χ0) is 15.9. The van der Waals surface area contributed by atoms with E-state index in [0.717, 1.165) is 17.7 Å². The molecule has 22 heavy (non-hydrogen) atoms. The molecular formula is C18H21NO3. The molecule has 1 amide bonds. The van der Waals surface area contributed by atoms with Crippen molar-refractivity contribution in [2.45, 2.75) is 19.4 Å². The number of nitrogens with one attached hydrogen (secondary N) is 1. The monoisotopic (exact) mass is 299 g/mol. The maximum atomic E-state index is 12.4. The van der Waals surface area contributed by atoms with Gasteiger partial charge in [-0.05, 0) is 42.3 Å². The van der Waals surface area contributed by atoms with E-state index in [-0.39, 0.29) is 11.9 Å². The number of hydrogen-bond donors (Lipinski definition) is 1. The van der Waals surface area contributed by atoms with Gasteiger partial charge < -0.3 is 14.8 Å². The van der Waals surface area contributed by atoms with Gasteiger partial charge in [0, 0.05) is 5.56 Å². The summed E-state index contributed by atoms with van der Waals surface area (Å²) in [7, 11) is 3.22. The van der Waals surface area contributed by atoms with Gasteiger partial charge in [0.25, 0.3) is 5.91 Å². The molecule has 2 rings (SSSR count). The van der Waals surface area contributed by atoms with Crippen molar-refractivity contribution < 1.29 is 14.3 Å². The van der Waals surface area contributed by atoms with Gasteiger partial charge in [0.05, 0.1) is 20.3 Å². The average molecular weight is 299 g/mol. The van der Waals surface area contributed by atoms with E-state index >= 15 is 0 Å². The summed E-state index contributed by atoms with van der Waals surface area (Å²) in [6, 6.07) is 14.8. The number of rotatable bonds is 6. The molecule has 0 saturated heterocycles. The van der Waals surface area contributed by atoms with Crippen LogP contribution >= 0.6 is 0 Å². The van der Waals surface area contributed by atoms with Crippen LogP contribution in [0.4, 0.5) is 0 Å². The van der Waals surface area contributed by atoms with Crippen LogP contribution in [0.2, 0.25) is 0 Å². The SMILES string of the molecule is CC[C@H](NC(=O)c1cccc(OC)c1)c1ccc(OC)cc1. The molecule has 4 nitrogen and oxygen atoms in total. The number of amides is 1. The van der Waals surface area contributed by atoms with Gasteiger partial charge in [-0.1, -0.05) is 25.1 Å². The van der Waals surface area contributed by atoms with Crippen molar-refractivity contribution in [3.63, 3.8) is 0 Å². The predicted octanol–water partition coefficient (Wildman–Crippen LogP) is 3.58. The molecule has 116 valence electrons. The smallest absolute Gasteiger partial charge is 0.251 e. The Morgan fingerprint density at radius 3 is 2.32 bits per heavy atom. The lowest BCUT2D eigenvalue weighted by Crippen LogP contribution is -2.28. The van der Waals surface area contributed by atoms with Crippen LogP contribution in [0.25, 0.3) is 0 Å². The van der Waals surface area contributed by atoms with Crippen LogP contribution in [0, 0.1) is 0 Å². The second-order valence-corrected chi connectivity index (χ2v) is 4.94. The summed E-state index contributed by atoms with van der Waals surface area (Å²) >= 11 is 0. The van der Waals surface area contributed by atoms with E-state index in [0.29, 0.717) is 11.3 Å². The van der Waals surface area contributed by atoms with Crippen molar-refractivity contribution in [2.24, 2.45) is 0 Å². The predicted molar refractivity (Wildman–Crippen MR) is 86.5 cm³/mol. The van der Waals surface area contributed by atoms with Crippen LogP contribution in [0.15, 0.2) is 48.5 Å². The van der Waals surface area contributed by atoms with Gasteiger partial charge in [-0.2, -0.15) is 0 Å². The molecule has 1 atom stereocenters. The molecule has 0 radical (unpaired) electrons. The minimum Gasteiger partial charge on any atom is -0.497 e. The molecular weight excluding hydrogens is 278 g/mol. The van der Waals surface area contributed by atoms with E-state index in [4.69, 9.17) is 9.47 Å². The molecule has 0 heterocycles.